The number of thioether (sulfide) groups is 1. The zero-order valence-electron chi connectivity index (χ0n) is 15.9. The molecule has 7 nitrogen and oxygen atoms in total. The number of anilines is 1. The van der Waals surface area contributed by atoms with E-state index >= 15 is 0 Å². The van der Waals surface area contributed by atoms with Crippen molar-refractivity contribution in [1.29, 1.82) is 0 Å². The number of carboxylic acid groups (broad SMARTS) is 1. The fourth-order valence-corrected chi connectivity index (χ4v) is 2.92. The number of aliphatic hydroxyl groups is 1. The molecule has 8 heteroatoms. The molecule has 1 atom stereocenters. The van der Waals surface area contributed by atoms with Crippen molar-refractivity contribution in [3.8, 4) is 5.75 Å². The van der Waals surface area contributed by atoms with Gasteiger partial charge in [-0.1, -0.05) is 24.3 Å². The number of ether oxygens (including phenoxy) is 2. The molecule has 2 aromatic carbocycles. The smallest absolute Gasteiger partial charge is 0.412 e. The Bertz CT molecular complexity index is 837. The number of hydrogen-bond acceptors (Lipinski definition) is 6. The highest BCUT2D eigenvalue weighted by Gasteiger charge is 2.20. The summed E-state index contributed by atoms with van der Waals surface area (Å²) in [5, 5.41) is 20.5. The van der Waals surface area contributed by atoms with Crippen molar-refractivity contribution in [2.24, 2.45) is 0 Å². The minimum Gasteiger partial charge on any atom is -0.491 e. The number of aliphatic carboxylic acids is 1. The second-order valence-electron chi connectivity index (χ2n) is 5.83. The number of carbonyl (C=O) groups is 2. The van der Waals surface area contributed by atoms with Gasteiger partial charge in [0.25, 0.3) is 0 Å². The minimum absolute atomic E-state index is 0.0860. The fraction of sp³-hybridized carbons (Fsp3) is 0.238. The van der Waals surface area contributed by atoms with Crippen LogP contribution in [0.2, 0.25) is 0 Å². The number of carboxylic acids is 1. The van der Waals surface area contributed by atoms with Gasteiger partial charge in [-0.15, -0.1) is 11.8 Å². The molecule has 0 bridgehead atoms. The quantitative estimate of drug-likeness (QED) is 0.395. The largest absolute Gasteiger partial charge is 0.491 e. The molecule has 0 saturated carbocycles. The van der Waals surface area contributed by atoms with Crippen LogP contribution >= 0.6 is 11.8 Å². The topological polar surface area (TPSA) is 105 Å². The second kappa shape index (κ2) is 11.8. The van der Waals surface area contributed by atoms with E-state index in [2.05, 4.69) is 5.32 Å². The fourth-order valence-electron chi connectivity index (χ4n) is 2.52. The lowest BCUT2D eigenvalue weighted by molar-refractivity contribution is -0.131. The van der Waals surface area contributed by atoms with Crippen molar-refractivity contribution in [3.05, 3.63) is 66.2 Å². The molecule has 0 saturated heterocycles. The van der Waals surface area contributed by atoms with Gasteiger partial charge in [-0.05, 0) is 36.6 Å². The molecule has 2 rings (SSSR count). The SMILES string of the molecule is CSc1ccc(NC(=O)O[C@H](C/C=C/C(=O)O)c2ccccc2OCCO)cc1. The van der Waals surface area contributed by atoms with Gasteiger partial charge < -0.3 is 19.7 Å². The number of aliphatic hydroxyl groups excluding tert-OH is 1. The van der Waals surface area contributed by atoms with Gasteiger partial charge in [0, 0.05) is 28.6 Å². The Morgan fingerprint density at radius 2 is 1.90 bits per heavy atom. The van der Waals surface area contributed by atoms with Crippen LogP contribution in [0, 0.1) is 0 Å². The molecule has 1 amide bonds. The van der Waals surface area contributed by atoms with Gasteiger partial charge >= 0.3 is 12.1 Å². The molecule has 0 aliphatic rings. The summed E-state index contributed by atoms with van der Waals surface area (Å²) in [6, 6.07) is 14.2. The van der Waals surface area contributed by atoms with Crippen molar-refractivity contribution in [2.45, 2.75) is 17.4 Å². The lowest BCUT2D eigenvalue weighted by atomic mass is 10.0. The molecule has 2 aromatic rings. The Hall–Kier alpha value is -2.97. The van der Waals surface area contributed by atoms with Gasteiger partial charge in [0.05, 0.1) is 6.61 Å². The monoisotopic (exact) mass is 417 g/mol. The van der Waals surface area contributed by atoms with Crippen molar-refractivity contribution >= 4 is 29.5 Å². The van der Waals surface area contributed by atoms with E-state index in [0.29, 0.717) is 17.0 Å². The van der Waals surface area contributed by atoms with E-state index < -0.39 is 18.2 Å². The predicted octanol–water partition coefficient (Wildman–Crippen LogP) is 4.10. The zero-order valence-corrected chi connectivity index (χ0v) is 16.7. The van der Waals surface area contributed by atoms with E-state index in [1.165, 1.54) is 6.08 Å². The van der Waals surface area contributed by atoms with Crippen LogP contribution in [0.4, 0.5) is 10.5 Å². The van der Waals surface area contributed by atoms with Crippen LogP contribution in [-0.4, -0.2) is 41.7 Å². The normalized spacial score (nSPS) is 11.8. The molecule has 0 fully saturated rings. The lowest BCUT2D eigenvalue weighted by Crippen LogP contribution is -2.18. The lowest BCUT2D eigenvalue weighted by Gasteiger charge is -2.20. The first-order chi connectivity index (χ1) is 14.0. The summed E-state index contributed by atoms with van der Waals surface area (Å²) in [4.78, 5) is 24.3. The third-order valence-electron chi connectivity index (χ3n) is 3.81. The van der Waals surface area contributed by atoms with Gasteiger partial charge in [0.15, 0.2) is 0 Å². The molecule has 0 unspecified atom stereocenters. The summed E-state index contributed by atoms with van der Waals surface area (Å²) in [6.07, 6.45) is 3.06. The van der Waals surface area contributed by atoms with E-state index in [1.54, 1.807) is 48.2 Å². The Kier molecular flexibility index (Phi) is 9.07. The molecule has 0 aliphatic carbocycles. The number of carbonyl (C=O) groups excluding carboxylic acids is 1. The molecule has 0 aliphatic heterocycles. The van der Waals surface area contributed by atoms with Crippen LogP contribution < -0.4 is 10.1 Å². The summed E-state index contributed by atoms with van der Waals surface area (Å²) < 4.78 is 11.1. The van der Waals surface area contributed by atoms with E-state index in [1.807, 2.05) is 18.4 Å². The standard InChI is InChI=1S/C21H23NO6S/c1-29-16-11-9-15(10-12-16)22-21(26)28-19(7-4-8-20(24)25)17-5-2-3-6-18(17)27-14-13-23/h2-6,8-12,19,23H,7,13-14H2,1H3,(H,22,26)(H,24,25)/b8-4+/t19-/m1/s1. The number of rotatable bonds is 10. The minimum atomic E-state index is -1.09. The highest BCUT2D eigenvalue weighted by atomic mass is 32.2. The summed E-state index contributed by atoms with van der Waals surface area (Å²) in [5.41, 5.74) is 1.15. The summed E-state index contributed by atoms with van der Waals surface area (Å²) >= 11 is 1.59. The number of nitrogens with one attached hydrogen (secondary N) is 1. The average molecular weight is 417 g/mol. The van der Waals surface area contributed by atoms with Crippen molar-refractivity contribution in [2.75, 3.05) is 24.8 Å². The zero-order chi connectivity index (χ0) is 21.1. The maximum Gasteiger partial charge on any atom is 0.412 e. The maximum atomic E-state index is 12.4. The highest BCUT2D eigenvalue weighted by molar-refractivity contribution is 7.98. The van der Waals surface area contributed by atoms with Gasteiger partial charge in [-0.25, -0.2) is 9.59 Å². The first-order valence-electron chi connectivity index (χ1n) is 8.87. The van der Waals surface area contributed by atoms with Crippen LogP contribution in [0.1, 0.15) is 18.1 Å². The summed E-state index contributed by atoms with van der Waals surface area (Å²) in [7, 11) is 0. The van der Waals surface area contributed by atoms with Crippen molar-refractivity contribution in [3.63, 3.8) is 0 Å². The highest BCUT2D eigenvalue weighted by Crippen LogP contribution is 2.31. The van der Waals surface area contributed by atoms with Crippen molar-refractivity contribution < 1.29 is 29.3 Å². The first kappa shape index (κ1) is 22.3. The van der Waals surface area contributed by atoms with Gasteiger partial charge in [-0.2, -0.15) is 0 Å². The Labute approximate surface area is 173 Å². The van der Waals surface area contributed by atoms with Crippen LogP contribution in [0.15, 0.2) is 65.6 Å². The number of para-hydroxylation sites is 1. The Morgan fingerprint density at radius 3 is 2.55 bits per heavy atom. The van der Waals surface area contributed by atoms with Gasteiger partial charge in [0.1, 0.15) is 18.5 Å². The number of hydrogen-bond donors (Lipinski definition) is 3. The molecule has 0 spiro atoms. The molecular weight excluding hydrogens is 394 g/mol. The van der Waals surface area contributed by atoms with Crippen LogP contribution in [0.3, 0.4) is 0 Å². The average Bonchev–Trinajstić information content (AvgIpc) is 2.72. The molecule has 0 heterocycles. The molecule has 3 N–H and O–H groups in total. The van der Waals surface area contributed by atoms with Crippen molar-refractivity contribution in [1.82, 2.24) is 0 Å². The van der Waals surface area contributed by atoms with E-state index in [4.69, 9.17) is 19.7 Å². The van der Waals surface area contributed by atoms with E-state index in [9.17, 15) is 9.59 Å². The van der Waals surface area contributed by atoms with E-state index in [-0.39, 0.29) is 19.6 Å². The van der Waals surface area contributed by atoms with Gasteiger partial charge in [-0.3, -0.25) is 5.32 Å². The van der Waals surface area contributed by atoms with Crippen LogP contribution in [0.5, 0.6) is 5.75 Å². The third-order valence-corrected chi connectivity index (χ3v) is 4.55. The summed E-state index contributed by atoms with van der Waals surface area (Å²) in [6.45, 7) is -0.0754. The van der Waals surface area contributed by atoms with Gasteiger partial charge in [0.2, 0.25) is 0 Å². The van der Waals surface area contributed by atoms with Crippen LogP contribution in [-0.2, 0) is 9.53 Å². The summed E-state index contributed by atoms with van der Waals surface area (Å²) in [5.74, 6) is -0.640. The Balaban J connectivity index is 2.16. The maximum absolute atomic E-state index is 12.4. The third kappa shape index (κ3) is 7.52. The molecule has 29 heavy (non-hydrogen) atoms. The number of benzene rings is 2. The van der Waals surface area contributed by atoms with E-state index in [0.717, 1.165) is 11.0 Å². The Morgan fingerprint density at radius 1 is 1.17 bits per heavy atom. The van der Waals surface area contributed by atoms with Crippen LogP contribution in [0.25, 0.3) is 0 Å². The molecule has 0 radical (unpaired) electrons. The molecular formula is C21H23NO6S. The predicted molar refractivity (Wildman–Crippen MR) is 111 cm³/mol. The second-order valence-corrected chi connectivity index (χ2v) is 6.71. The number of amides is 1. The molecule has 154 valence electrons. The molecule has 0 aromatic heterocycles. The first-order valence-corrected chi connectivity index (χ1v) is 10.1.